The zero-order valence-electron chi connectivity index (χ0n) is 18.9. The van der Waals surface area contributed by atoms with Gasteiger partial charge >= 0.3 is 6.03 Å². The van der Waals surface area contributed by atoms with Crippen molar-refractivity contribution in [2.75, 3.05) is 6.54 Å². The fourth-order valence-corrected chi connectivity index (χ4v) is 3.67. The molecular formula is C25H33N5O2. The van der Waals surface area contributed by atoms with Crippen LogP contribution in [-0.2, 0) is 24.3 Å². The van der Waals surface area contributed by atoms with Crippen molar-refractivity contribution in [3.63, 3.8) is 0 Å². The molecule has 0 saturated carbocycles. The molecule has 4 N–H and O–H groups in total. The van der Waals surface area contributed by atoms with Gasteiger partial charge in [-0.05, 0) is 42.9 Å². The van der Waals surface area contributed by atoms with E-state index >= 15 is 0 Å². The third kappa shape index (κ3) is 6.09. The van der Waals surface area contributed by atoms with Crippen molar-refractivity contribution in [1.82, 2.24) is 15.5 Å². The molecule has 2 aromatic rings. The molecule has 1 atom stereocenters. The van der Waals surface area contributed by atoms with E-state index in [1.165, 1.54) is 5.56 Å². The highest BCUT2D eigenvalue weighted by atomic mass is 16.2. The lowest BCUT2D eigenvalue weighted by Crippen LogP contribution is -2.42. The molecule has 1 aliphatic rings. The van der Waals surface area contributed by atoms with Crippen LogP contribution in [-0.4, -0.2) is 34.9 Å². The van der Waals surface area contributed by atoms with Crippen LogP contribution in [0.1, 0.15) is 49.8 Å². The predicted octanol–water partition coefficient (Wildman–Crippen LogP) is 3.33. The monoisotopic (exact) mass is 435 g/mol. The minimum atomic E-state index is -0.838. The van der Waals surface area contributed by atoms with Gasteiger partial charge in [0.15, 0.2) is 5.96 Å². The van der Waals surface area contributed by atoms with Crippen molar-refractivity contribution in [3.8, 4) is 0 Å². The topological polar surface area (TPSA) is 99.8 Å². The van der Waals surface area contributed by atoms with E-state index < -0.39 is 5.54 Å². The number of benzene rings is 2. The normalized spacial score (nSPS) is 17.9. The van der Waals surface area contributed by atoms with Gasteiger partial charge in [-0.3, -0.25) is 9.69 Å². The van der Waals surface area contributed by atoms with Gasteiger partial charge in [-0.15, -0.1) is 0 Å². The summed E-state index contributed by atoms with van der Waals surface area (Å²) in [4.78, 5) is 30.9. The van der Waals surface area contributed by atoms with E-state index in [9.17, 15) is 9.59 Å². The van der Waals surface area contributed by atoms with Gasteiger partial charge in [0.05, 0.1) is 6.54 Å². The summed E-state index contributed by atoms with van der Waals surface area (Å²) >= 11 is 0. The quantitative estimate of drug-likeness (QED) is 0.499. The number of rotatable bonds is 10. The van der Waals surface area contributed by atoms with Crippen LogP contribution in [0.5, 0.6) is 0 Å². The number of carbonyl (C=O) groups is 2. The molecule has 7 heteroatoms. The maximum atomic E-state index is 13.1. The second-order valence-electron chi connectivity index (χ2n) is 8.40. The second-order valence-corrected chi connectivity index (χ2v) is 8.40. The van der Waals surface area contributed by atoms with Crippen molar-refractivity contribution in [1.29, 1.82) is 0 Å². The lowest BCUT2D eigenvalue weighted by Gasteiger charge is -2.22. The van der Waals surface area contributed by atoms with Gasteiger partial charge in [0, 0.05) is 13.1 Å². The molecule has 0 radical (unpaired) electrons. The van der Waals surface area contributed by atoms with Gasteiger partial charge in [0.1, 0.15) is 5.54 Å². The molecule has 1 aliphatic heterocycles. The van der Waals surface area contributed by atoms with Crippen LogP contribution in [0.15, 0.2) is 59.6 Å². The minimum absolute atomic E-state index is 0.0691. The number of guanidine groups is 1. The molecule has 1 heterocycles. The van der Waals surface area contributed by atoms with E-state index in [2.05, 4.69) is 34.7 Å². The lowest BCUT2D eigenvalue weighted by atomic mass is 9.93. The molecule has 0 aromatic heterocycles. The zero-order chi connectivity index (χ0) is 23.0. The summed E-state index contributed by atoms with van der Waals surface area (Å²) in [6.07, 6.45) is 3.39. The molecule has 3 amide bonds. The number of aliphatic imine (C=N–C) groups is 1. The third-order valence-corrected chi connectivity index (χ3v) is 5.72. The second kappa shape index (κ2) is 10.8. The van der Waals surface area contributed by atoms with E-state index in [0.29, 0.717) is 26.1 Å². The average Bonchev–Trinajstić information content (AvgIpc) is 3.01. The smallest absolute Gasteiger partial charge is 0.315 e. The Morgan fingerprint density at radius 3 is 2.41 bits per heavy atom. The molecule has 2 aromatic carbocycles. The van der Waals surface area contributed by atoms with Crippen LogP contribution in [0, 0.1) is 0 Å². The third-order valence-electron chi connectivity index (χ3n) is 5.72. The molecule has 0 unspecified atom stereocenters. The first-order chi connectivity index (χ1) is 15.4. The number of hydrogen-bond donors (Lipinski definition) is 3. The number of urea groups is 1. The largest absolute Gasteiger partial charge is 0.369 e. The number of nitrogens with zero attached hydrogens (tertiary/aromatic N) is 2. The first-order valence-electron chi connectivity index (χ1n) is 11.2. The Kier molecular flexibility index (Phi) is 7.87. The SMILES string of the molecule is CCCCNC(=O)NCc1ccc(CN2C(=O)[C@@](C)(CCc3ccccc3)N=C2N)cc1. The molecule has 170 valence electrons. The number of hydrogen-bond acceptors (Lipinski definition) is 4. The Labute approximate surface area is 190 Å². The Morgan fingerprint density at radius 1 is 1.03 bits per heavy atom. The van der Waals surface area contributed by atoms with Gasteiger partial charge in [-0.25, -0.2) is 9.79 Å². The summed E-state index contributed by atoms with van der Waals surface area (Å²) in [5.41, 5.74) is 8.41. The summed E-state index contributed by atoms with van der Waals surface area (Å²) in [6, 6.07) is 17.7. The number of nitrogens with two attached hydrogens (primary N) is 1. The highest BCUT2D eigenvalue weighted by molar-refractivity contribution is 6.06. The molecule has 32 heavy (non-hydrogen) atoms. The van der Waals surface area contributed by atoms with Crippen LogP contribution in [0.2, 0.25) is 0 Å². The van der Waals surface area contributed by atoms with Crippen LogP contribution in [0.25, 0.3) is 0 Å². The van der Waals surface area contributed by atoms with Crippen LogP contribution < -0.4 is 16.4 Å². The summed E-state index contributed by atoms with van der Waals surface area (Å²) in [5, 5.41) is 5.68. The first-order valence-corrected chi connectivity index (χ1v) is 11.2. The summed E-state index contributed by atoms with van der Waals surface area (Å²) in [5.74, 6) is 0.195. The molecule has 0 aliphatic carbocycles. The molecule has 0 saturated heterocycles. The highest BCUT2D eigenvalue weighted by Crippen LogP contribution is 2.28. The standard InChI is InChI=1S/C25H33N5O2/c1-3-4-16-27-24(32)28-17-20-10-12-21(13-11-20)18-30-22(31)25(2,29-23(30)26)15-14-19-8-6-5-7-9-19/h5-13H,3-4,14-18H2,1-2H3,(H2,26,29)(H2,27,28,32)/t25-/m1/s1. The van der Waals surface area contributed by atoms with Crippen molar-refractivity contribution in [2.24, 2.45) is 10.7 Å². The molecule has 0 spiro atoms. The molecule has 0 bridgehead atoms. The Morgan fingerprint density at radius 2 is 1.72 bits per heavy atom. The van der Waals surface area contributed by atoms with Crippen LogP contribution >= 0.6 is 0 Å². The number of carbonyl (C=O) groups excluding carboxylic acids is 2. The summed E-state index contributed by atoms with van der Waals surface area (Å²) in [7, 11) is 0. The summed E-state index contributed by atoms with van der Waals surface area (Å²) in [6.45, 7) is 5.44. The van der Waals surface area contributed by atoms with Gasteiger partial charge < -0.3 is 16.4 Å². The van der Waals surface area contributed by atoms with Crippen molar-refractivity contribution in [3.05, 3.63) is 71.3 Å². The minimum Gasteiger partial charge on any atom is -0.369 e. The number of nitrogens with one attached hydrogen (secondary N) is 2. The van der Waals surface area contributed by atoms with E-state index in [-0.39, 0.29) is 17.9 Å². The fraction of sp³-hybridized carbons (Fsp3) is 0.400. The number of amides is 3. The van der Waals surface area contributed by atoms with Gasteiger partial charge in [0.2, 0.25) is 0 Å². The maximum Gasteiger partial charge on any atom is 0.315 e. The fourth-order valence-electron chi connectivity index (χ4n) is 3.67. The summed E-state index contributed by atoms with van der Waals surface area (Å²) < 4.78 is 0. The Balaban J connectivity index is 1.52. The maximum absolute atomic E-state index is 13.1. The van der Waals surface area contributed by atoms with Crippen molar-refractivity contribution in [2.45, 2.75) is 58.2 Å². The van der Waals surface area contributed by atoms with Gasteiger partial charge in [0.25, 0.3) is 5.91 Å². The lowest BCUT2D eigenvalue weighted by molar-refractivity contribution is -0.131. The molecule has 3 rings (SSSR count). The van der Waals surface area contributed by atoms with E-state index in [1.807, 2.05) is 49.4 Å². The molecule has 0 fully saturated rings. The van der Waals surface area contributed by atoms with Crippen molar-refractivity contribution >= 4 is 17.9 Å². The van der Waals surface area contributed by atoms with Crippen molar-refractivity contribution < 1.29 is 9.59 Å². The van der Waals surface area contributed by atoms with Gasteiger partial charge in [-0.2, -0.15) is 0 Å². The number of unbranched alkanes of at least 4 members (excludes halogenated alkanes) is 1. The van der Waals surface area contributed by atoms with E-state index in [4.69, 9.17) is 5.73 Å². The molecular weight excluding hydrogens is 402 g/mol. The van der Waals surface area contributed by atoms with Gasteiger partial charge in [-0.1, -0.05) is 67.9 Å². The first kappa shape index (κ1) is 23.3. The average molecular weight is 436 g/mol. The predicted molar refractivity (Wildman–Crippen MR) is 127 cm³/mol. The van der Waals surface area contributed by atoms with Crippen LogP contribution in [0.3, 0.4) is 0 Å². The number of aryl methyl sites for hydroxylation is 1. The highest BCUT2D eigenvalue weighted by Gasteiger charge is 2.43. The van der Waals surface area contributed by atoms with E-state index in [1.54, 1.807) is 4.90 Å². The van der Waals surface area contributed by atoms with Crippen LogP contribution in [0.4, 0.5) is 4.79 Å². The molecule has 7 nitrogen and oxygen atoms in total. The Hall–Kier alpha value is -3.35. The Bertz CT molecular complexity index is 943. The van der Waals surface area contributed by atoms with E-state index in [0.717, 1.165) is 30.4 Å². The zero-order valence-corrected chi connectivity index (χ0v) is 18.9.